The smallest absolute Gasteiger partial charge is 0.143 e. The predicted octanol–water partition coefficient (Wildman–Crippen LogP) is 9.90. The molecule has 0 unspecified atom stereocenters. The summed E-state index contributed by atoms with van der Waals surface area (Å²) >= 11 is 0. The first-order chi connectivity index (χ1) is 19.8. The second-order valence-corrected chi connectivity index (χ2v) is 10.0. The lowest BCUT2D eigenvalue weighted by molar-refractivity contribution is 0.670. The molecule has 0 N–H and O–H groups in total. The molecular weight excluding hydrogens is 488 g/mol. The first kappa shape index (κ1) is 22.6. The van der Waals surface area contributed by atoms with Gasteiger partial charge in [-0.25, -0.2) is 4.98 Å². The molecule has 188 valence electrons. The van der Waals surface area contributed by atoms with Crippen molar-refractivity contribution in [3.05, 3.63) is 146 Å². The number of benzene rings is 5. The summed E-state index contributed by atoms with van der Waals surface area (Å²) in [5.74, 6) is 0. The summed E-state index contributed by atoms with van der Waals surface area (Å²) in [6, 6.07) is 48.7. The molecule has 5 aromatic carbocycles. The molecule has 3 heteroatoms. The summed E-state index contributed by atoms with van der Waals surface area (Å²) < 4.78 is 8.49. The van der Waals surface area contributed by atoms with Gasteiger partial charge in [-0.2, -0.15) is 0 Å². The predicted molar refractivity (Wildman–Crippen MR) is 164 cm³/mol. The van der Waals surface area contributed by atoms with Gasteiger partial charge in [0, 0.05) is 33.7 Å². The van der Waals surface area contributed by atoms with Crippen LogP contribution in [0.1, 0.15) is 0 Å². The molecule has 0 fully saturated rings. The minimum Gasteiger partial charge on any atom is -0.455 e. The monoisotopic (exact) mass is 512 g/mol. The Kier molecular flexibility index (Phi) is 5.14. The first-order valence-corrected chi connectivity index (χ1v) is 13.5. The molecule has 0 saturated heterocycles. The molecule has 0 radical (unpaired) electrons. The molecule has 0 amide bonds. The van der Waals surface area contributed by atoms with Gasteiger partial charge >= 0.3 is 0 Å². The fourth-order valence-corrected chi connectivity index (χ4v) is 5.73. The highest BCUT2D eigenvalue weighted by Crippen LogP contribution is 2.38. The van der Waals surface area contributed by atoms with Crippen LogP contribution in [0.15, 0.2) is 150 Å². The number of hydrogen-bond acceptors (Lipinski definition) is 2. The van der Waals surface area contributed by atoms with E-state index >= 15 is 0 Å². The van der Waals surface area contributed by atoms with Gasteiger partial charge in [0.05, 0.1) is 11.4 Å². The number of rotatable bonds is 4. The molecule has 8 aromatic rings. The van der Waals surface area contributed by atoms with Gasteiger partial charge < -0.3 is 4.42 Å². The maximum Gasteiger partial charge on any atom is 0.143 e. The molecule has 40 heavy (non-hydrogen) atoms. The molecule has 0 aliphatic carbocycles. The second kappa shape index (κ2) is 9.11. The summed E-state index contributed by atoms with van der Waals surface area (Å²) in [5, 5.41) is 2.29. The van der Waals surface area contributed by atoms with E-state index in [-0.39, 0.29) is 0 Å². The highest BCUT2D eigenvalue weighted by Gasteiger charge is 2.16. The quantitative estimate of drug-likeness (QED) is 0.235. The van der Waals surface area contributed by atoms with E-state index in [1.165, 1.54) is 5.56 Å². The van der Waals surface area contributed by atoms with Crippen molar-refractivity contribution in [2.24, 2.45) is 0 Å². The van der Waals surface area contributed by atoms with Gasteiger partial charge in [0.2, 0.25) is 0 Å². The van der Waals surface area contributed by atoms with Crippen molar-refractivity contribution >= 4 is 27.6 Å². The molecule has 3 aromatic heterocycles. The number of nitrogens with zero attached hydrogens (tertiary/aromatic N) is 2. The largest absolute Gasteiger partial charge is 0.455 e. The molecule has 0 aliphatic heterocycles. The van der Waals surface area contributed by atoms with E-state index < -0.39 is 0 Å². The molecule has 0 aliphatic rings. The molecule has 3 nitrogen and oxygen atoms in total. The third-order valence-electron chi connectivity index (χ3n) is 7.65. The topological polar surface area (TPSA) is 30.4 Å². The van der Waals surface area contributed by atoms with Gasteiger partial charge in [0.1, 0.15) is 16.8 Å². The molecular formula is C37H24N2O. The lowest BCUT2D eigenvalue weighted by Crippen LogP contribution is -1.89. The van der Waals surface area contributed by atoms with Crippen molar-refractivity contribution in [2.75, 3.05) is 0 Å². The molecule has 0 spiro atoms. The molecule has 0 bridgehead atoms. The lowest BCUT2D eigenvalue weighted by atomic mass is 9.96. The van der Waals surface area contributed by atoms with Gasteiger partial charge in [-0.15, -0.1) is 0 Å². The second-order valence-electron chi connectivity index (χ2n) is 10.0. The Morgan fingerprint density at radius 3 is 2.10 bits per heavy atom. The first-order valence-electron chi connectivity index (χ1n) is 13.5. The fraction of sp³-hybridized carbons (Fsp3) is 0. The van der Waals surface area contributed by atoms with E-state index in [1.54, 1.807) is 0 Å². The Labute approximate surface area is 231 Å². The van der Waals surface area contributed by atoms with Crippen molar-refractivity contribution in [1.29, 1.82) is 0 Å². The highest BCUT2D eigenvalue weighted by molar-refractivity contribution is 6.09. The van der Waals surface area contributed by atoms with Crippen LogP contribution in [0.5, 0.6) is 0 Å². The Balaban J connectivity index is 1.21. The number of imidazole rings is 1. The third-order valence-corrected chi connectivity index (χ3v) is 7.65. The number of furan rings is 1. The average Bonchev–Trinajstić information content (AvgIpc) is 3.61. The zero-order chi connectivity index (χ0) is 26.5. The SMILES string of the molecule is c1ccc(-c2nc3ccccn3c2-c2ccc(-c3cccc(-c4cccc5c4oc4ccccc45)c3)cc2)cc1. The van der Waals surface area contributed by atoms with Crippen LogP contribution in [0.25, 0.3) is 72.4 Å². The highest BCUT2D eigenvalue weighted by atomic mass is 16.3. The maximum absolute atomic E-state index is 6.32. The van der Waals surface area contributed by atoms with Crippen molar-refractivity contribution in [1.82, 2.24) is 9.38 Å². The van der Waals surface area contributed by atoms with Crippen LogP contribution in [-0.2, 0) is 0 Å². The van der Waals surface area contributed by atoms with Crippen molar-refractivity contribution < 1.29 is 4.42 Å². The molecule has 0 saturated carbocycles. The summed E-state index contributed by atoms with van der Waals surface area (Å²) in [6.07, 6.45) is 2.08. The van der Waals surface area contributed by atoms with Gasteiger partial charge in [-0.1, -0.05) is 115 Å². The van der Waals surface area contributed by atoms with E-state index in [2.05, 4.69) is 126 Å². The zero-order valence-corrected chi connectivity index (χ0v) is 21.7. The van der Waals surface area contributed by atoms with Crippen LogP contribution in [0.4, 0.5) is 0 Å². The standard InChI is InChI=1S/C37H24N2O/c1-2-10-26(11-3-1)35-36(39-23-7-6-18-34(39)38-35)27-21-19-25(20-22-27)28-12-8-13-29(24-28)30-15-9-16-32-31-14-4-5-17-33(31)40-37(30)32/h1-24H. The normalized spacial score (nSPS) is 11.5. The van der Waals surface area contributed by atoms with Crippen LogP contribution < -0.4 is 0 Å². The Morgan fingerprint density at radius 2 is 1.20 bits per heavy atom. The number of aromatic nitrogens is 2. The van der Waals surface area contributed by atoms with Gasteiger partial charge in [0.25, 0.3) is 0 Å². The van der Waals surface area contributed by atoms with Crippen molar-refractivity contribution in [2.45, 2.75) is 0 Å². The van der Waals surface area contributed by atoms with Crippen LogP contribution in [0, 0.1) is 0 Å². The summed E-state index contributed by atoms with van der Waals surface area (Å²) in [5.41, 5.74) is 11.7. The summed E-state index contributed by atoms with van der Waals surface area (Å²) in [6.45, 7) is 0. The Hall–Kier alpha value is -5.41. The van der Waals surface area contributed by atoms with E-state index in [4.69, 9.17) is 9.40 Å². The summed E-state index contributed by atoms with van der Waals surface area (Å²) in [4.78, 5) is 4.98. The van der Waals surface area contributed by atoms with Gasteiger partial charge in [-0.05, 0) is 41.0 Å². The minimum absolute atomic E-state index is 0.916. The Morgan fingerprint density at radius 1 is 0.500 bits per heavy atom. The van der Waals surface area contributed by atoms with Crippen LogP contribution in [0.3, 0.4) is 0 Å². The molecule has 8 rings (SSSR count). The van der Waals surface area contributed by atoms with Crippen LogP contribution in [0.2, 0.25) is 0 Å². The van der Waals surface area contributed by atoms with Crippen molar-refractivity contribution in [3.63, 3.8) is 0 Å². The zero-order valence-electron chi connectivity index (χ0n) is 21.7. The van der Waals surface area contributed by atoms with E-state index in [0.717, 1.165) is 66.8 Å². The van der Waals surface area contributed by atoms with E-state index in [0.29, 0.717) is 0 Å². The molecule has 3 heterocycles. The van der Waals surface area contributed by atoms with Crippen molar-refractivity contribution in [3.8, 4) is 44.8 Å². The van der Waals surface area contributed by atoms with E-state index in [9.17, 15) is 0 Å². The minimum atomic E-state index is 0.916. The number of hydrogen-bond donors (Lipinski definition) is 0. The molecule has 0 atom stereocenters. The fourth-order valence-electron chi connectivity index (χ4n) is 5.73. The number of para-hydroxylation sites is 2. The Bertz CT molecular complexity index is 2150. The number of fused-ring (bicyclic) bond motifs is 4. The summed E-state index contributed by atoms with van der Waals surface area (Å²) in [7, 11) is 0. The van der Waals surface area contributed by atoms with Crippen LogP contribution in [-0.4, -0.2) is 9.38 Å². The lowest BCUT2D eigenvalue weighted by Gasteiger charge is -2.09. The van der Waals surface area contributed by atoms with Gasteiger partial charge in [-0.3, -0.25) is 4.40 Å². The average molecular weight is 513 g/mol. The third kappa shape index (κ3) is 3.63. The maximum atomic E-state index is 6.32. The van der Waals surface area contributed by atoms with E-state index in [1.807, 2.05) is 24.3 Å². The van der Waals surface area contributed by atoms with Crippen LogP contribution >= 0.6 is 0 Å². The van der Waals surface area contributed by atoms with Gasteiger partial charge in [0.15, 0.2) is 0 Å². The number of pyridine rings is 1.